The maximum absolute atomic E-state index is 12.5. The van der Waals surface area contributed by atoms with E-state index in [0.717, 1.165) is 5.56 Å². The smallest absolute Gasteiger partial charge is 0.336 e. The second-order valence-corrected chi connectivity index (χ2v) is 7.83. The molecule has 146 valence electrons. The third kappa shape index (κ3) is 5.52. The third-order valence-electron chi connectivity index (χ3n) is 4.06. The van der Waals surface area contributed by atoms with Crippen LogP contribution in [0.5, 0.6) is 5.75 Å². The number of rotatable bonds is 8. The molecule has 2 aromatic rings. The van der Waals surface area contributed by atoms with Crippen LogP contribution in [0.4, 0.5) is 0 Å². The van der Waals surface area contributed by atoms with Gasteiger partial charge in [0.15, 0.2) is 0 Å². The molecule has 0 aliphatic rings. The van der Waals surface area contributed by atoms with Crippen molar-refractivity contribution in [1.82, 2.24) is 4.31 Å². The molecule has 0 saturated carbocycles. The molecule has 0 bridgehead atoms. The topological polar surface area (TPSA) is 87.5 Å². The minimum atomic E-state index is -3.50. The molecule has 0 aliphatic heterocycles. The largest absolute Gasteiger partial charge is 0.423 e. The van der Waals surface area contributed by atoms with Crippen molar-refractivity contribution < 1.29 is 17.9 Å². The Labute approximate surface area is 165 Å². The summed E-state index contributed by atoms with van der Waals surface area (Å²) in [6, 6.07) is 15.1. The predicted molar refractivity (Wildman–Crippen MR) is 107 cm³/mol. The first-order valence-electron chi connectivity index (χ1n) is 8.86. The number of ether oxygens (including phenoxy) is 1. The van der Waals surface area contributed by atoms with Crippen molar-refractivity contribution in [3.63, 3.8) is 0 Å². The van der Waals surface area contributed by atoms with Crippen molar-refractivity contribution in [3.8, 4) is 11.8 Å². The summed E-state index contributed by atoms with van der Waals surface area (Å²) in [4.78, 5) is 12.1. The average Bonchev–Trinajstić information content (AvgIpc) is 2.69. The minimum Gasteiger partial charge on any atom is -0.423 e. The molecule has 6 nitrogen and oxygen atoms in total. The standard InChI is InChI=1S/C21H22N2O4S/c1-3-23(4-2)28(25,26)20-12-7-17(8-13-20)9-14-21(24)27-19-10-5-18(6-11-19)15-16-22/h5-14H,3-4,15H2,1-2H3/b14-9+. The van der Waals surface area contributed by atoms with Crippen LogP contribution in [0.15, 0.2) is 59.5 Å². The van der Waals surface area contributed by atoms with Gasteiger partial charge in [-0.3, -0.25) is 0 Å². The SMILES string of the molecule is CCN(CC)S(=O)(=O)c1ccc(/C=C/C(=O)Oc2ccc(CC#N)cc2)cc1. The van der Waals surface area contributed by atoms with Crippen LogP contribution >= 0.6 is 0 Å². The van der Waals surface area contributed by atoms with Gasteiger partial charge in [-0.05, 0) is 41.5 Å². The van der Waals surface area contributed by atoms with E-state index in [9.17, 15) is 13.2 Å². The molecule has 28 heavy (non-hydrogen) atoms. The van der Waals surface area contributed by atoms with Gasteiger partial charge in [0.2, 0.25) is 10.0 Å². The van der Waals surface area contributed by atoms with E-state index in [1.807, 2.05) is 6.07 Å². The monoisotopic (exact) mass is 398 g/mol. The van der Waals surface area contributed by atoms with Crippen LogP contribution in [0.3, 0.4) is 0 Å². The summed E-state index contributed by atoms with van der Waals surface area (Å²) < 4.78 is 31.5. The van der Waals surface area contributed by atoms with Crippen molar-refractivity contribution >= 4 is 22.1 Å². The van der Waals surface area contributed by atoms with E-state index in [2.05, 4.69) is 0 Å². The van der Waals surface area contributed by atoms with Crippen LogP contribution in [0.25, 0.3) is 6.08 Å². The lowest BCUT2D eigenvalue weighted by atomic mass is 10.2. The second kappa shape index (κ2) is 9.83. The molecule has 0 spiro atoms. The first-order chi connectivity index (χ1) is 13.4. The molecule has 0 N–H and O–H groups in total. The highest BCUT2D eigenvalue weighted by Crippen LogP contribution is 2.17. The average molecular weight is 398 g/mol. The van der Waals surface area contributed by atoms with Crippen LogP contribution in [0, 0.1) is 11.3 Å². The molecule has 2 rings (SSSR count). The predicted octanol–water partition coefficient (Wildman–Crippen LogP) is 3.40. The number of sulfonamides is 1. The molecule has 0 aliphatic carbocycles. The van der Waals surface area contributed by atoms with Gasteiger partial charge in [0.1, 0.15) is 5.75 Å². The number of hydrogen-bond acceptors (Lipinski definition) is 5. The van der Waals surface area contributed by atoms with Crippen molar-refractivity contribution in [2.75, 3.05) is 13.1 Å². The van der Waals surface area contributed by atoms with Gasteiger partial charge >= 0.3 is 5.97 Å². The Bertz CT molecular complexity index is 969. The summed E-state index contributed by atoms with van der Waals surface area (Å²) in [5.41, 5.74) is 1.53. The van der Waals surface area contributed by atoms with E-state index in [1.54, 1.807) is 56.3 Å². The number of esters is 1. The molecule has 0 heterocycles. The molecule has 0 unspecified atom stereocenters. The summed E-state index contributed by atoms with van der Waals surface area (Å²) in [6.45, 7) is 4.40. The summed E-state index contributed by atoms with van der Waals surface area (Å²) in [6.07, 6.45) is 3.13. The molecule has 0 amide bonds. The number of nitriles is 1. The van der Waals surface area contributed by atoms with Gasteiger partial charge < -0.3 is 4.74 Å². The Hall–Kier alpha value is -2.95. The van der Waals surface area contributed by atoms with Crippen molar-refractivity contribution in [2.24, 2.45) is 0 Å². The second-order valence-electron chi connectivity index (χ2n) is 5.89. The van der Waals surface area contributed by atoms with Gasteiger partial charge in [-0.25, -0.2) is 13.2 Å². The lowest BCUT2D eigenvalue weighted by Gasteiger charge is -2.18. The minimum absolute atomic E-state index is 0.216. The Balaban J connectivity index is 2.02. The quantitative estimate of drug-likeness (QED) is 0.386. The van der Waals surface area contributed by atoms with E-state index in [4.69, 9.17) is 10.00 Å². The van der Waals surface area contributed by atoms with Crippen molar-refractivity contribution in [1.29, 1.82) is 5.26 Å². The first kappa shape index (κ1) is 21.4. The van der Waals surface area contributed by atoms with Gasteiger partial charge in [0.05, 0.1) is 17.4 Å². The molecular weight excluding hydrogens is 376 g/mol. The summed E-state index contributed by atoms with van der Waals surface area (Å²) in [7, 11) is -3.50. The number of nitrogens with zero attached hydrogens (tertiary/aromatic N) is 2. The van der Waals surface area contributed by atoms with Crippen LogP contribution in [-0.2, 0) is 21.2 Å². The summed E-state index contributed by atoms with van der Waals surface area (Å²) in [5, 5.41) is 8.65. The van der Waals surface area contributed by atoms with Gasteiger partial charge in [-0.15, -0.1) is 0 Å². The fraction of sp³-hybridized carbons (Fsp3) is 0.238. The number of carbonyl (C=O) groups is 1. The molecule has 0 fully saturated rings. The van der Waals surface area contributed by atoms with Gasteiger partial charge in [-0.2, -0.15) is 9.57 Å². The van der Waals surface area contributed by atoms with E-state index >= 15 is 0 Å². The summed E-state index contributed by atoms with van der Waals surface area (Å²) in [5.74, 6) is -0.162. The number of benzene rings is 2. The van der Waals surface area contributed by atoms with E-state index in [1.165, 1.54) is 22.5 Å². The zero-order valence-electron chi connectivity index (χ0n) is 15.8. The number of hydrogen-bond donors (Lipinski definition) is 0. The molecule has 7 heteroatoms. The van der Waals surface area contributed by atoms with Crippen LogP contribution in [0.1, 0.15) is 25.0 Å². The Kier molecular flexibility index (Phi) is 7.50. The van der Waals surface area contributed by atoms with Crippen LogP contribution in [0.2, 0.25) is 0 Å². The highest BCUT2D eigenvalue weighted by atomic mass is 32.2. The lowest BCUT2D eigenvalue weighted by molar-refractivity contribution is -0.128. The highest BCUT2D eigenvalue weighted by molar-refractivity contribution is 7.89. The zero-order valence-corrected chi connectivity index (χ0v) is 16.6. The maximum Gasteiger partial charge on any atom is 0.336 e. The Morgan fingerprint density at radius 2 is 1.68 bits per heavy atom. The Morgan fingerprint density at radius 1 is 1.07 bits per heavy atom. The van der Waals surface area contributed by atoms with E-state index < -0.39 is 16.0 Å². The summed E-state index contributed by atoms with van der Waals surface area (Å²) >= 11 is 0. The molecule has 2 aromatic carbocycles. The van der Waals surface area contributed by atoms with Gasteiger partial charge in [0.25, 0.3) is 0 Å². The first-order valence-corrected chi connectivity index (χ1v) is 10.3. The zero-order chi connectivity index (χ0) is 20.6. The van der Waals surface area contributed by atoms with Gasteiger partial charge in [0, 0.05) is 19.2 Å². The fourth-order valence-electron chi connectivity index (χ4n) is 2.54. The van der Waals surface area contributed by atoms with E-state index in [-0.39, 0.29) is 4.90 Å². The van der Waals surface area contributed by atoms with Crippen LogP contribution < -0.4 is 4.74 Å². The maximum atomic E-state index is 12.5. The lowest BCUT2D eigenvalue weighted by Crippen LogP contribution is -2.30. The molecule has 0 aromatic heterocycles. The van der Waals surface area contributed by atoms with Crippen LogP contribution in [-0.4, -0.2) is 31.8 Å². The van der Waals surface area contributed by atoms with Crippen molar-refractivity contribution in [3.05, 3.63) is 65.7 Å². The highest BCUT2D eigenvalue weighted by Gasteiger charge is 2.20. The normalized spacial score (nSPS) is 11.5. The Morgan fingerprint density at radius 3 is 2.21 bits per heavy atom. The molecule has 0 saturated heterocycles. The van der Waals surface area contributed by atoms with Gasteiger partial charge in [-0.1, -0.05) is 38.1 Å². The van der Waals surface area contributed by atoms with Crippen molar-refractivity contribution in [2.45, 2.75) is 25.2 Å². The third-order valence-corrected chi connectivity index (χ3v) is 6.12. The number of carbonyl (C=O) groups excluding carboxylic acids is 1. The van der Waals surface area contributed by atoms with E-state index in [0.29, 0.717) is 30.8 Å². The molecule has 0 radical (unpaired) electrons. The fourth-order valence-corrected chi connectivity index (χ4v) is 4.00. The molecule has 0 atom stereocenters. The molecular formula is C21H22N2O4S.